The van der Waals surface area contributed by atoms with Gasteiger partial charge in [-0.2, -0.15) is 13.2 Å². The summed E-state index contributed by atoms with van der Waals surface area (Å²) in [5.74, 6) is -0.423. The molecule has 0 saturated heterocycles. The first-order chi connectivity index (χ1) is 14.3. The number of halogens is 3. The Morgan fingerprint density at radius 3 is 2.40 bits per heavy atom. The van der Waals surface area contributed by atoms with Gasteiger partial charge in [-0.15, -0.1) is 0 Å². The molecule has 2 N–H and O–H groups in total. The fraction of sp³-hybridized carbons (Fsp3) is 0.143. The highest BCUT2D eigenvalue weighted by atomic mass is 19.4. The summed E-state index contributed by atoms with van der Waals surface area (Å²) in [7, 11) is 0. The largest absolute Gasteiger partial charge is 0.492 e. The van der Waals surface area contributed by atoms with Gasteiger partial charge in [-0.3, -0.25) is 9.59 Å². The molecule has 0 spiro atoms. The van der Waals surface area contributed by atoms with Crippen molar-refractivity contribution in [3.05, 3.63) is 83.8 Å². The maximum absolute atomic E-state index is 12.5. The summed E-state index contributed by atoms with van der Waals surface area (Å²) in [5, 5.41) is 5.26. The summed E-state index contributed by atoms with van der Waals surface area (Å²) >= 11 is 0. The van der Waals surface area contributed by atoms with Crippen molar-refractivity contribution in [1.82, 2.24) is 5.32 Å². The van der Waals surface area contributed by atoms with Gasteiger partial charge in [0.1, 0.15) is 12.4 Å². The van der Waals surface area contributed by atoms with E-state index >= 15 is 0 Å². The molecule has 2 amide bonds. The van der Waals surface area contributed by atoms with Crippen molar-refractivity contribution in [3.8, 4) is 5.75 Å². The van der Waals surface area contributed by atoms with Crippen LogP contribution in [0.15, 0.2) is 71.3 Å². The lowest BCUT2D eigenvalue weighted by Crippen LogP contribution is -2.28. The minimum absolute atomic E-state index is 0.0754. The van der Waals surface area contributed by atoms with Gasteiger partial charge >= 0.3 is 6.18 Å². The summed E-state index contributed by atoms with van der Waals surface area (Å²) in [6, 6.07) is 13.7. The Bertz CT molecular complexity index is 1000. The number of rotatable bonds is 7. The van der Waals surface area contributed by atoms with Gasteiger partial charge in [0, 0.05) is 11.3 Å². The zero-order valence-corrected chi connectivity index (χ0v) is 15.5. The fourth-order valence-electron chi connectivity index (χ4n) is 2.51. The fourth-order valence-corrected chi connectivity index (χ4v) is 2.51. The Morgan fingerprint density at radius 1 is 0.967 bits per heavy atom. The van der Waals surface area contributed by atoms with Gasteiger partial charge in [-0.25, -0.2) is 0 Å². The van der Waals surface area contributed by atoms with E-state index in [9.17, 15) is 22.8 Å². The van der Waals surface area contributed by atoms with Gasteiger partial charge in [0.2, 0.25) is 0 Å². The van der Waals surface area contributed by atoms with Crippen LogP contribution in [0.3, 0.4) is 0 Å². The highest BCUT2D eigenvalue weighted by molar-refractivity contribution is 6.03. The first-order valence-electron chi connectivity index (χ1n) is 8.86. The van der Waals surface area contributed by atoms with Crippen molar-refractivity contribution >= 4 is 17.5 Å². The summed E-state index contributed by atoms with van der Waals surface area (Å²) < 4.78 is 47.9. The molecule has 0 fully saturated rings. The van der Waals surface area contributed by atoms with Crippen LogP contribution in [0.1, 0.15) is 26.5 Å². The molecule has 2 aromatic carbocycles. The third-order valence-corrected chi connectivity index (χ3v) is 3.97. The SMILES string of the molecule is O=C(NCCOc1ccc(C(F)(F)F)cc1)c1cccc(NC(=O)c2ccco2)c1. The summed E-state index contributed by atoms with van der Waals surface area (Å²) in [4.78, 5) is 24.2. The molecule has 0 aliphatic carbocycles. The Morgan fingerprint density at radius 2 is 1.73 bits per heavy atom. The molecule has 0 bridgehead atoms. The quantitative estimate of drug-likeness (QED) is 0.559. The van der Waals surface area contributed by atoms with Crippen molar-refractivity contribution in [2.24, 2.45) is 0 Å². The van der Waals surface area contributed by atoms with E-state index in [1.54, 1.807) is 24.3 Å². The van der Waals surface area contributed by atoms with Crippen LogP contribution in [-0.4, -0.2) is 25.0 Å². The van der Waals surface area contributed by atoms with Crippen LogP contribution in [0, 0.1) is 0 Å². The highest BCUT2D eigenvalue weighted by Crippen LogP contribution is 2.30. The lowest BCUT2D eigenvalue weighted by atomic mass is 10.2. The highest BCUT2D eigenvalue weighted by Gasteiger charge is 2.30. The Labute approximate surface area is 169 Å². The monoisotopic (exact) mass is 418 g/mol. The number of nitrogens with one attached hydrogen (secondary N) is 2. The third-order valence-electron chi connectivity index (χ3n) is 3.97. The molecule has 30 heavy (non-hydrogen) atoms. The molecule has 156 valence electrons. The minimum Gasteiger partial charge on any atom is -0.492 e. The predicted octanol–water partition coefficient (Wildman–Crippen LogP) is 4.36. The molecule has 1 heterocycles. The topological polar surface area (TPSA) is 80.6 Å². The molecule has 1 aromatic heterocycles. The van der Waals surface area contributed by atoms with Gasteiger partial charge in [-0.1, -0.05) is 6.07 Å². The lowest BCUT2D eigenvalue weighted by molar-refractivity contribution is -0.137. The number of alkyl halides is 3. The van der Waals surface area contributed by atoms with Crippen molar-refractivity contribution in [2.45, 2.75) is 6.18 Å². The Kier molecular flexibility index (Phi) is 6.41. The number of hydrogen-bond donors (Lipinski definition) is 2. The van der Waals surface area contributed by atoms with Crippen molar-refractivity contribution in [2.75, 3.05) is 18.5 Å². The Balaban J connectivity index is 1.47. The van der Waals surface area contributed by atoms with E-state index in [0.717, 1.165) is 12.1 Å². The number of amides is 2. The van der Waals surface area contributed by atoms with E-state index in [1.807, 2.05) is 0 Å². The lowest BCUT2D eigenvalue weighted by Gasteiger charge is -2.10. The zero-order valence-electron chi connectivity index (χ0n) is 15.5. The number of anilines is 1. The first kappa shape index (κ1) is 21.0. The second-order valence-corrected chi connectivity index (χ2v) is 6.14. The second-order valence-electron chi connectivity index (χ2n) is 6.14. The van der Waals surface area contributed by atoms with E-state index in [4.69, 9.17) is 9.15 Å². The van der Waals surface area contributed by atoms with Gasteiger partial charge in [0.25, 0.3) is 11.8 Å². The maximum atomic E-state index is 12.5. The van der Waals surface area contributed by atoms with Gasteiger partial charge < -0.3 is 19.8 Å². The van der Waals surface area contributed by atoms with Crippen LogP contribution in [0.2, 0.25) is 0 Å². The number of hydrogen-bond acceptors (Lipinski definition) is 4. The van der Waals surface area contributed by atoms with E-state index in [0.29, 0.717) is 11.3 Å². The molecule has 0 aliphatic rings. The van der Waals surface area contributed by atoms with Crippen LogP contribution >= 0.6 is 0 Å². The average molecular weight is 418 g/mol. The van der Waals surface area contributed by atoms with Crippen LogP contribution in [0.4, 0.5) is 18.9 Å². The van der Waals surface area contributed by atoms with E-state index in [-0.39, 0.29) is 30.6 Å². The predicted molar refractivity (Wildman–Crippen MR) is 102 cm³/mol. The molecule has 3 rings (SSSR count). The van der Waals surface area contributed by atoms with E-state index < -0.39 is 17.6 Å². The molecule has 0 radical (unpaired) electrons. The van der Waals surface area contributed by atoms with Crippen molar-refractivity contribution < 1.29 is 31.9 Å². The first-order valence-corrected chi connectivity index (χ1v) is 8.86. The maximum Gasteiger partial charge on any atom is 0.416 e. The van der Waals surface area contributed by atoms with Gasteiger partial charge in [0.15, 0.2) is 5.76 Å². The molecule has 0 atom stereocenters. The molecule has 9 heteroatoms. The van der Waals surface area contributed by atoms with Gasteiger partial charge in [-0.05, 0) is 54.6 Å². The Hall–Kier alpha value is -3.75. The van der Waals surface area contributed by atoms with Crippen molar-refractivity contribution in [3.63, 3.8) is 0 Å². The van der Waals surface area contributed by atoms with Gasteiger partial charge in [0.05, 0.1) is 18.4 Å². The molecule has 0 aliphatic heterocycles. The molecular formula is C21H17F3N2O4. The smallest absolute Gasteiger partial charge is 0.416 e. The molecule has 3 aromatic rings. The third kappa shape index (κ3) is 5.63. The average Bonchev–Trinajstić information content (AvgIpc) is 3.26. The number of carbonyl (C=O) groups is 2. The number of ether oxygens (including phenoxy) is 1. The minimum atomic E-state index is -4.40. The normalized spacial score (nSPS) is 11.0. The van der Waals surface area contributed by atoms with Crippen molar-refractivity contribution in [1.29, 1.82) is 0 Å². The van der Waals surface area contributed by atoms with E-state index in [1.165, 1.54) is 30.5 Å². The molecule has 0 saturated carbocycles. The summed E-state index contributed by atoms with van der Waals surface area (Å²) in [6.07, 6.45) is -3.02. The summed E-state index contributed by atoms with van der Waals surface area (Å²) in [6.45, 7) is 0.217. The molecular weight excluding hydrogens is 401 g/mol. The second kappa shape index (κ2) is 9.17. The zero-order chi connectivity index (χ0) is 21.6. The molecule has 0 unspecified atom stereocenters. The van der Waals surface area contributed by atoms with Crippen LogP contribution < -0.4 is 15.4 Å². The standard InChI is InChI=1S/C21H17F3N2O4/c22-21(23,24)15-6-8-17(9-7-15)29-12-10-25-19(27)14-3-1-4-16(13-14)26-20(28)18-5-2-11-30-18/h1-9,11,13H,10,12H2,(H,25,27)(H,26,28). The van der Waals surface area contributed by atoms with E-state index in [2.05, 4.69) is 10.6 Å². The van der Waals surface area contributed by atoms with Crippen LogP contribution in [0.25, 0.3) is 0 Å². The number of benzene rings is 2. The number of carbonyl (C=O) groups excluding carboxylic acids is 2. The van der Waals surface area contributed by atoms with Crippen LogP contribution in [0.5, 0.6) is 5.75 Å². The number of furan rings is 1. The molecule has 6 nitrogen and oxygen atoms in total. The van der Waals surface area contributed by atoms with Crippen LogP contribution in [-0.2, 0) is 6.18 Å². The summed E-state index contributed by atoms with van der Waals surface area (Å²) in [5.41, 5.74) is -0.0194.